The van der Waals surface area contributed by atoms with Crippen LogP contribution in [0.4, 0.5) is 4.79 Å². The van der Waals surface area contributed by atoms with Gasteiger partial charge in [-0.05, 0) is 31.4 Å². The Morgan fingerprint density at radius 1 is 1.10 bits per heavy atom. The smallest absolute Gasteiger partial charge is 0.314 e. The van der Waals surface area contributed by atoms with E-state index in [1.165, 1.54) is 18.6 Å². The van der Waals surface area contributed by atoms with Crippen LogP contribution in [0.3, 0.4) is 0 Å². The second-order valence-corrected chi connectivity index (χ2v) is 7.61. The fraction of sp³-hybridized carbons (Fsp3) is 0.867. The Morgan fingerprint density at radius 2 is 1.86 bits per heavy atom. The van der Waals surface area contributed by atoms with E-state index >= 15 is 0 Å². The molecule has 2 aliphatic rings. The van der Waals surface area contributed by atoms with E-state index in [4.69, 9.17) is 0 Å². The third kappa shape index (κ3) is 4.80. The highest BCUT2D eigenvalue weighted by atomic mass is 32.2. The number of hydrogen-bond acceptors (Lipinski definition) is 3. The molecule has 2 rings (SSSR count). The molecule has 1 unspecified atom stereocenters. The van der Waals surface area contributed by atoms with Crippen LogP contribution in [0.5, 0.6) is 0 Å². The Bertz CT molecular complexity index is 364. The van der Waals surface area contributed by atoms with Crippen molar-refractivity contribution < 1.29 is 14.7 Å². The predicted molar refractivity (Wildman–Crippen MR) is 84.7 cm³/mol. The van der Waals surface area contributed by atoms with E-state index in [0.29, 0.717) is 24.6 Å². The normalized spacial score (nSPS) is 25.0. The fourth-order valence-corrected chi connectivity index (χ4v) is 4.42. The number of rotatable bonds is 5. The van der Waals surface area contributed by atoms with Crippen LogP contribution >= 0.6 is 11.8 Å². The number of urea groups is 1. The zero-order chi connectivity index (χ0) is 15.1. The summed E-state index contributed by atoms with van der Waals surface area (Å²) in [6.07, 6.45) is 7.98. The van der Waals surface area contributed by atoms with E-state index in [9.17, 15) is 14.7 Å². The first-order chi connectivity index (χ1) is 10.1. The molecule has 0 bridgehead atoms. The van der Waals surface area contributed by atoms with Gasteiger partial charge in [0.25, 0.3) is 0 Å². The molecular weight excluding hydrogens is 288 g/mol. The average Bonchev–Trinajstić information content (AvgIpc) is 2.52. The highest BCUT2D eigenvalue weighted by Crippen LogP contribution is 2.36. The van der Waals surface area contributed by atoms with E-state index in [2.05, 4.69) is 10.6 Å². The lowest BCUT2D eigenvalue weighted by Gasteiger charge is -2.33. The van der Waals surface area contributed by atoms with Crippen LogP contribution in [-0.4, -0.2) is 41.2 Å². The SMILES string of the molecule is O=C(NCC1CCCCS1)NCC1(C(=O)O)CCCCC1. The first-order valence-corrected chi connectivity index (χ1v) is 9.04. The fourth-order valence-electron chi connectivity index (χ4n) is 3.18. The van der Waals surface area contributed by atoms with Crippen molar-refractivity contribution in [3.63, 3.8) is 0 Å². The molecule has 6 heteroatoms. The Labute approximate surface area is 130 Å². The summed E-state index contributed by atoms with van der Waals surface area (Å²) in [5.41, 5.74) is -0.755. The van der Waals surface area contributed by atoms with Gasteiger partial charge in [-0.1, -0.05) is 25.7 Å². The van der Waals surface area contributed by atoms with Crippen LogP contribution in [0.15, 0.2) is 0 Å². The van der Waals surface area contributed by atoms with Crippen molar-refractivity contribution in [2.45, 2.75) is 56.6 Å². The number of carboxylic acid groups (broad SMARTS) is 1. The Hall–Kier alpha value is -0.910. The molecule has 2 amide bonds. The third-order valence-electron chi connectivity index (χ3n) is 4.62. The van der Waals surface area contributed by atoms with Gasteiger partial charge in [-0.3, -0.25) is 4.79 Å². The van der Waals surface area contributed by atoms with Gasteiger partial charge in [0, 0.05) is 18.3 Å². The number of hydrogen-bond donors (Lipinski definition) is 3. The van der Waals surface area contributed by atoms with Gasteiger partial charge in [-0.15, -0.1) is 0 Å². The lowest BCUT2D eigenvalue weighted by molar-refractivity contribution is -0.150. The Balaban J connectivity index is 1.72. The zero-order valence-corrected chi connectivity index (χ0v) is 13.3. The molecule has 0 aromatic carbocycles. The van der Waals surface area contributed by atoms with Gasteiger partial charge < -0.3 is 15.7 Å². The lowest BCUT2D eigenvalue weighted by Crippen LogP contribution is -2.48. The van der Waals surface area contributed by atoms with Crippen LogP contribution in [0.25, 0.3) is 0 Å². The van der Waals surface area contributed by atoms with E-state index in [1.54, 1.807) is 0 Å². The number of nitrogens with one attached hydrogen (secondary N) is 2. The average molecular weight is 314 g/mol. The predicted octanol–water partition coefficient (Wildman–Crippen LogP) is 2.61. The van der Waals surface area contributed by atoms with Crippen LogP contribution in [0, 0.1) is 5.41 Å². The Kier molecular flexibility index (Phi) is 6.21. The molecule has 0 spiro atoms. The minimum Gasteiger partial charge on any atom is -0.481 e. The maximum Gasteiger partial charge on any atom is 0.314 e. The van der Waals surface area contributed by atoms with Crippen molar-refractivity contribution in [1.29, 1.82) is 0 Å². The van der Waals surface area contributed by atoms with E-state index in [0.717, 1.165) is 25.7 Å². The molecule has 1 aliphatic heterocycles. The van der Waals surface area contributed by atoms with Crippen LogP contribution < -0.4 is 10.6 Å². The molecule has 21 heavy (non-hydrogen) atoms. The summed E-state index contributed by atoms with van der Waals surface area (Å²) in [7, 11) is 0. The summed E-state index contributed by atoms with van der Waals surface area (Å²) in [5, 5.41) is 15.6. The van der Waals surface area contributed by atoms with Crippen LogP contribution in [0.2, 0.25) is 0 Å². The highest BCUT2D eigenvalue weighted by molar-refractivity contribution is 7.99. The monoisotopic (exact) mass is 314 g/mol. The van der Waals surface area contributed by atoms with E-state index in [-0.39, 0.29) is 12.6 Å². The van der Waals surface area contributed by atoms with Crippen molar-refractivity contribution >= 4 is 23.8 Å². The highest BCUT2D eigenvalue weighted by Gasteiger charge is 2.39. The number of carbonyl (C=O) groups excluding carboxylic acids is 1. The van der Waals surface area contributed by atoms with Gasteiger partial charge in [0.15, 0.2) is 0 Å². The summed E-state index contributed by atoms with van der Waals surface area (Å²) in [5.74, 6) is 0.404. The molecule has 1 heterocycles. The number of carboxylic acids is 1. The molecule has 1 atom stereocenters. The minimum absolute atomic E-state index is 0.229. The molecule has 120 valence electrons. The van der Waals surface area contributed by atoms with Gasteiger partial charge in [0.1, 0.15) is 0 Å². The van der Waals surface area contributed by atoms with Crippen molar-refractivity contribution in [1.82, 2.24) is 10.6 Å². The second kappa shape index (κ2) is 7.92. The van der Waals surface area contributed by atoms with Crippen molar-refractivity contribution in [3.8, 4) is 0 Å². The summed E-state index contributed by atoms with van der Waals surface area (Å²) in [4.78, 5) is 23.4. The van der Waals surface area contributed by atoms with Gasteiger partial charge >= 0.3 is 12.0 Å². The number of amides is 2. The van der Waals surface area contributed by atoms with E-state index in [1.807, 2.05) is 11.8 Å². The molecule has 0 aromatic rings. The summed E-state index contributed by atoms with van der Waals surface area (Å²) in [6, 6.07) is -0.229. The largest absolute Gasteiger partial charge is 0.481 e. The molecule has 3 N–H and O–H groups in total. The molecule has 1 aliphatic carbocycles. The van der Waals surface area contributed by atoms with Crippen molar-refractivity contribution in [3.05, 3.63) is 0 Å². The standard InChI is InChI=1S/C15H26N2O3S/c18-13(19)15(7-3-1-4-8-15)11-17-14(20)16-10-12-6-2-5-9-21-12/h12H,1-11H2,(H,18,19)(H2,16,17,20). The molecule has 1 saturated heterocycles. The minimum atomic E-state index is -0.773. The van der Waals surface area contributed by atoms with Gasteiger partial charge in [0.2, 0.25) is 0 Å². The second-order valence-electron chi connectivity index (χ2n) is 6.20. The van der Waals surface area contributed by atoms with Crippen LogP contribution in [-0.2, 0) is 4.79 Å². The summed E-state index contributed by atoms with van der Waals surface area (Å²) in [6.45, 7) is 0.919. The maximum absolute atomic E-state index is 11.9. The van der Waals surface area contributed by atoms with Gasteiger partial charge in [-0.25, -0.2) is 4.79 Å². The molecular formula is C15H26N2O3S. The molecule has 5 nitrogen and oxygen atoms in total. The van der Waals surface area contributed by atoms with Crippen LogP contribution in [0.1, 0.15) is 51.4 Å². The first kappa shape index (κ1) is 16.5. The molecule has 0 aromatic heterocycles. The maximum atomic E-state index is 11.9. The first-order valence-electron chi connectivity index (χ1n) is 7.99. The zero-order valence-electron chi connectivity index (χ0n) is 12.5. The molecule has 0 radical (unpaired) electrons. The quantitative estimate of drug-likeness (QED) is 0.729. The molecule has 1 saturated carbocycles. The van der Waals surface area contributed by atoms with Gasteiger partial charge in [-0.2, -0.15) is 11.8 Å². The number of carbonyl (C=O) groups is 2. The summed E-state index contributed by atoms with van der Waals surface area (Å²) < 4.78 is 0. The lowest BCUT2D eigenvalue weighted by atomic mass is 9.74. The van der Waals surface area contributed by atoms with Crippen molar-refractivity contribution in [2.75, 3.05) is 18.8 Å². The third-order valence-corrected chi connectivity index (χ3v) is 6.01. The Morgan fingerprint density at radius 3 is 2.48 bits per heavy atom. The van der Waals surface area contributed by atoms with Crippen molar-refractivity contribution in [2.24, 2.45) is 5.41 Å². The van der Waals surface area contributed by atoms with E-state index < -0.39 is 11.4 Å². The summed E-state index contributed by atoms with van der Waals surface area (Å²) >= 11 is 1.92. The molecule has 2 fully saturated rings. The topological polar surface area (TPSA) is 78.4 Å². The number of aliphatic carboxylic acids is 1. The number of thioether (sulfide) groups is 1. The van der Waals surface area contributed by atoms with Gasteiger partial charge in [0.05, 0.1) is 5.41 Å².